The van der Waals surface area contributed by atoms with Crippen molar-refractivity contribution in [1.29, 1.82) is 0 Å². The maximum atomic E-state index is 12.2. The molecule has 2 unspecified atom stereocenters. The Morgan fingerprint density at radius 2 is 1.05 bits per heavy atom. The fraction of sp³-hybridized carbons (Fsp3) is 1.00. The van der Waals surface area contributed by atoms with Gasteiger partial charge in [-0.1, -0.05) is 38.5 Å². The second-order valence-corrected chi connectivity index (χ2v) is 9.16. The van der Waals surface area contributed by atoms with Gasteiger partial charge in [0.05, 0.1) is 23.7 Å². The van der Waals surface area contributed by atoms with E-state index in [-0.39, 0.29) is 23.3 Å². The van der Waals surface area contributed by atoms with Crippen LogP contribution in [-0.2, 0) is 9.84 Å². The van der Waals surface area contributed by atoms with Crippen molar-refractivity contribution >= 4 is 9.84 Å². The minimum Gasteiger partial charge on any atom is -0.392 e. The summed E-state index contributed by atoms with van der Waals surface area (Å²) in [6.07, 6.45) is 8.96. The lowest BCUT2D eigenvalue weighted by Gasteiger charge is -2.28. The first kappa shape index (κ1) is 17.2. The van der Waals surface area contributed by atoms with E-state index < -0.39 is 22.0 Å². The van der Waals surface area contributed by atoms with Crippen LogP contribution in [0.1, 0.15) is 64.2 Å². The van der Waals surface area contributed by atoms with Crippen molar-refractivity contribution in [2.45, 2.75) is 76.4 Å². The van der Waals surface area contributed by atoms with Crippen LogP contribution in [0.15, 0.2) is 0 Å². The summed E-state index contributed by atoms with van der Waals surface area (Å²) in [5.74, 6) is -0.108. The van der Waals surface area contributed by atoms with E-state index in [9.17, 15) is 18.6 Å². The summed E-state index contributed by atoms with van der Waals surface area (Å²) in [7, 11) is -3.38. The van der Waals surface area contributed by atoms with Gasteiger partial charge in [0.25, 0.3) is 0 Å². The average molecular weight is 318 g/mol. The van der Waals surface area contributed by atoms with Crippen LogP contribution in [0, 0.1) is 11.8 Å². The minimum absolute atomic E-state index is 0.125. The highest BCUT2D eigenvalue weighted by atomic mass is 32.2. The normalized spacial score (nSPS) is 25.6. The van der Waals surface area contributed by atoms with E-state index in [0.717, 1.165) is 51.4 Å². The van der Waals surface area contributed by atoms with Crippen LogP contribution in [0.25, 0.3) is 0 Å². The van der Waals surface area contributed by atoms with E-state index in [0.29, 0.717) is 0 Å². The molecular weight excluding hydrogens is 288 g/mol. The fourth-order valence-electron chi connectivity index (χ4n) is 3.90. The zero-order valence-corrected chi connectivity index (χ0v) is 13.7. The van der Waals surface area contributed by atoms with Crippen molar-refractivity contribution in [3.05, 3.63) is 0 Å². The molecule has 2 fully saturated rings. The molecule has 0 saturated heterocycles. The minimum atomic E-state index is -3.38. The SMILES string of the molecule is O=S(=O)(CC(O)C1CCCCC1)CC(O)C1CCCCC1. The molecule has 124 valence electrons. The predicted molar refractivity (Wildman–Crippen MR) is 83.8 cm³/mol. The Morgan fingerprint density at radius 1 is 0.714 bits per heavy atom. The molecule has 21 heavy (non-hydrogen) atoms. The van der Waals surface area contributed by atoms with Gasteiger partial charge in [-0.2, -0.15) is 0 Å². The lowest BCUT2D eigenvalue weighted by atomic mass is 9.86. The van der Waals surface area contributed by atoms with Crippen LogP contribution < -0.4 is 0 Å². The third kappa shape index (κ3) is 5.53. The van der Waals surface area contributed by atoms with E-state index in [1.165, 1.54) is 12.8 Å². The van der Waals surface area contributed by atoms with Crippen LogP contribution in [0.4, 0.5) is 0 Å². The molecule has 0 aromatic heterocycles. The largest absolute Gasteiger partial charge is 0.392 e. The molecule has 0 aromatic rings. The highest BCUT2D eigenvalue weighted by molar-refractivity contribution is 7.91. The summed E-state index contributed by atoms with van der Waals surface area (Å²) in [6, 6.07) is 0. The van der Waals surface area contributed by atoms with Crippen molar-refractivity contribution in [3.63, 3.8) is 0 Å². The Morgan fingerprint density at radius 3 is 1.38 bits per heavy atom. The highest BCUT2D eigenvalue weighted by Gasteiger charge is 2.30. The number of rotatable bonds is 6. The third-order valence-electron chi connectivity index (χ3n) is 5.24. The topological polar surface area (TPSA) is 74.6 Å². The Kier molecular flexibility index (Phi) is 6.51. The van der Waals surface area contributed by atoms with E-state index in [1.807, 2.05) is 0 Å². The van der Waals surface area contributed by atoms with Crippen molar-refractivity contribution < 1.29 is 18.6 Å². The molecule has 4 nitrogen and oxygen atoms in total. The zero-order chi connectivity index (χ0) is 15.3. The van der Waals surface area contributed by atoms with Gasteiger partial charge in [-0.15, -0.1) is 0 Å². The van der Waals surface area contributed by atoms with Gasteiger partial charge in [-0.3, -0.25) is 0 Å². The molecule has 0 amide bonds. The van der Waals surface area contributed by atoms with Gasteiger partial charge >= 0.3 is 0 Å². The number of hydrogen-bond acceptors (Lipinski definition) is 4. The first-order chi connectivity index (χ1) is 9.98. The van der Waals surface area contributed by atoms with Crippen molar-refractivity contribution in [2.24, 2.45) is 11.8 Å². The number of hydrogen-bond donors (Lipinski definition) is 2. The van der Waals surface area contributed by atoms with Gasteiger partial charge in [-0.05, 0) is 37.5 Å². The predicted octanol–water partition coefficient (Wildman–Crippen LogP) is 2.28. The van der Waals surface area contributed by atoms with E-state index in [4.69, 9.17) is 0 Å². The molecule has 0 aromatic carbocycles. The molecule has 0 spiro atoms. The average Bonchev–Trinajstić information content (AvgIpc) is 2.48. The lowest BCUT2D eigenvalue weighted by molar-refractivity contribution is 0.0976. The third-order valence-corrected chi connectivity index (χ3v) is 6.94. The second kappa shape index (κ2) is 7.93. The van der Waals surface area contributed by atoms with E-state index in [1.54, 1.807) is 0 Å². The van der Waals surface area contributed by atoms with Gasteiger partial charge in [0, 0.05) is 0 Å². The Labute approximate surface area is 128 Å². The van der Waals surface area contributed by atoms with Crippen LogP contribution in [0.3, 0.4) is 0 Å². The summed E-state index contributed by atoms with van der Waals surface area (Å²) < 4.78 is 24.4. The van der Waals surface area contributed by atoms with Crippen molar-refractivity contribution in [2.75, 3.05) is 11.5 Å². The lowest BCUT2D eigenvalue weighted by Crippen LogP contribution is -2.36. The highest BCUT2D eigenvalue weighted by Crippen LogP contribution is 2.29. The molecule has 2 rings (SSSR count). The van der Waals surface area contributed by atoms with E-state index in [2.05, 4.69) is 0 Å². The zero-order valence-electron chi connectivity index (χ0n) is 12.9. The van der Waals surface area contributed by atoms with Crippen molar-refractivity contribution in [3.8, 4) is 0 Å². The summed E-state index contributed by atoms with van der Waals surface area (Å²) in [5, 5.41) is 20.3. The maximum absolute atomic E-state index is 12.2. The molecule has 5 heteroatoms. The van der Waals surface area contributed by atoms with Gasteiger partial charge in [0.15, 0.2) is 9.84 Å². The molecule has 2 aliphatic carbocycles. The van der Waals surface area contributed by atoms with Crippen LogP contribution in [0.5, 0.6) is 0 Å². The molecule has 2 saturated carbocycles. The first-order valence-electron chi connectivity index (χ1n) is 8.54. The molecule has 2 N–H and O–H groups in total. The summed E-state index contributed by atoms with van der Waals surface area (Å²) in [6.45, 7) is 0. The second-order valence-electron chi connectivity index (χ2n) is 7.01. The smallest absolute Gasteiger partial charge is 0.155 e. The maximum Gasteiger partial charge on any atom is 0.155 e. The van der Waals surface area contributed by atoms with Gasteiger partial charge < -0.3 is 10.2 Å². The Balaban J connectivity index is 1.82. The summed E-state index contributed by atoms with van der Waals surface area (Å²) in [5.41, 5.74) is 0. The molecule has 2 atom stereocenters. The first-order valence-corrected chi connectivity index (χ1v) is 10.4. The van der Waals surface area contributed by atoms with Gasteiger partial charge in [-0.25, -0.2) is 8.42 Å². The molecular formula is C16H30O4S. The molecule has 0 heterocycles. The van der Waals surface area contributed by atoms with Gasteiger partial charge in [0.1, 0.15) is 0 Å². The fourth-order valence-corrected chi connectivity index (χ4v) is 5.62. The van der Waals surface area contributed by atoms with Crippen LogP contribution in [0.2, 0.25) is 0 Å². The van der Waals surface area contributed by atoms with Crippen LogP contribution in [-0.4, -0.2) is 42.3 Å². The molecule has 0 aliphatic heterocycles. The number of sulfone groups is 1. The van der Waals surface area contributed by atoms with Crippen LogP contribution >= 0.6 is 0 Å². The molecule has 0 radical (unpaired) electrons. The number of aliphatic hydroxyl groups excluding tert-OH is 2. The van der Waals surface area contributed by atoms with E-state index >= 15 is 0 Å². The summed E-state index contributed by atoms with van der Waals surface area (Å²) >= 11 is 0. The number of aliphatic hydroxyl groups is 2. The van der Waals surface area contributed by atoms with Crippen molar-refractivity contribution in [1.82, 2.24) is 0 Å². The monoisotopic (exact) mass is 318 g/mol. The Bertz CT molecular complexity index is 363. The standard InChI is InChI=1S/C16H30O4S/c17-15(13-7-3-1-4-8-13)11-21(19,20)12-16(18)14-9-5-2-6-10-14/h13-18H,1-12H2. The Hall–Kier alpha value is -0.130. The van der Waals surface area contributed by atoms with Gasteiger partial charge in [0.2, 0.25) is 0 Å². The molecule has 2 aliphatic rings. The quantitative estimate of drug-likeness (QED) is 0.788. The summed E-state index contributed by atoms with van der Waals surface area (Å²) in [4.78, 5) is 0. The molecule has 0 bridgehead atoms.